The number of carbonyl (C=O) groups excluding carboxylic acids is 1. The summed E-state index contributed by atoms with van der Waals surface area (Å²) in [5.41, 5.74) is 1.51. The van der Waals surface area contributed by atoms with Crippen molar-refractivity contribution < 1.29 is 9.53 Å². The van der Waals surface area contributed by atoms with Crippen LogP contribution in [0.15, 0.2) is 22.7 Å². The van der Waals surface area contributed by atoms with Crippen LogP contribution in [0.1, 0.15) is 51.0 Å². The average Bonchev–Trinajstić information content (AvgIpc) is 2.53. The maximum Gasteiger partial charge on any atom is 0.410 e. The Labute approximate surface area is 156 Å². The molecule has 0 saturated carbocycles. The van der Waals surface area contributed by atoms with E-state index in [4.69, 9.17) is 14.7 Å². The maximum atomic E-state index is 12.2. The fourth-order valence-corrected chi connectivity index (χ4v) is 3.46. The average molecular weight is 406 g/mol. The van der Waals surface area contributed by atoms with Crippen molar-refractivity contribution in [3.63, 3.8) is 0 Å². The molecule has 1 aromatic heterocycles. The van der Waals surface area contributed by atoms with E-state index in [0.717, 1.165) is 39.7 Å². The summed E-state index contributed by atoms with van der Waals surface area (Å²) in [4.78, 5) is 23.5. The van der Waals surface area contributed by atoms with Gasteiger partial charge in [-0.3, -0.25) is 0 Å². The normalized spacial score (nSPS) is 16.3. The number of amides is 1. The van der Waals surface area contributed by atoms with Gasteiger partial charge < -0.3 is 9.64 Å². The highest BCUT2D eigenvalue weighted by atomic mass is 79.9. The second kappa shape index (κ2) is 6.90. The van der Waals surface area contributed by atoms with Crippen molar-refractivity contribution >= 4 is 32.9 Å². The number of piperidine rings is 1. The highest BCUT2D eigenvalue weighted by molar-refractivity contribution is 9.10. The Morgan fingerprint density at radius 1 is 1.24 bits per heavy atom. The van der Waals surface area contributed by atoms with Gasteiger partial charge in [0, 0.05) is 34.6 Å². The van der Waals surface area contributed by atoms with Gasteiger partial charge in [-0.25, -0.2) is 14.8 Å². The molecule has 1 aliphatic rings. The molecule has 1 aromatic carbocycles. The first-order valence-electron chi connectivity index (χ1n) is 8.65. The molecule has 0 N–H and O–H groups in total. The molecule has 6 heteroatoms. The molecule has 1 amide bonds. The van der Waals surface area contributed by atoms with E-state index in [2.05, 4.69) is 15.9 Å². The molecule has 0 unspecified atom stereocenters. The molecular formula is C19H24BrN3O2. The SMILES string of the molecule is Cc1nc(C2CCN(C(=O)OC(C)(C)C)CC2)nc2cc(Br)ccc12. The fourth-order valence-electron chi connectivity index (χ4n) is 3.11. The van der Waals surface area contributed by atoms with Gasteiger partial charge in [0.25, 0.3) is 0 Å². The molecule has 3 rings (SSSR count). The van der Waals surface area contributed by atoms with Crippen LogP contribution in [0.4, 0.5) is 4.79 Å². The summed E-state index contributed by atoms with van der Waals surface area (Å²) in [5, 5.41) is 1.08. The van der Waals surface area contributed by atoms with Crippen LogP contribution in [0.5, 0.6) is 0 Å². The molecule has 0 aliphatic carbocycles. The highest BCUT2D eigenvalue weighted by Gasteiger charge is 2.28. The Balaban J connectivity index is 1.73. The number of rotatable bonds is 1. The number of aryl methyl sites for hydroxylation is 1. The third-order valence-electron chi connectivity index (χ3n) is 4.38. The lowest BCUT2D eigenvalue weighted by Gasteiger charge is -2.33. The van der Waals surface area contributed by atoms with Crippen LogP contribution in [0.25, 0.3) is 10.9 Å². The molecule has 2 aromatic rings. The number of halogens is 1. The Morgan fingerprint density at radius 3 is 2.56 bits per heavy atom. The summed E-state index contributed by atoms with van der Waals surface area (Å²) in [7, 11) is 0. The van der Waals surface area contributed by atoms with E-state index < -0.39 is 5.60 Å². The zero-order chi connectivity index (χ0) is 18.2. The second-order valence-electron chi connectivity index (χ2n) is 7.57. The van der Waals surface area contributed by atoms with E-state index in [9.17, 15) is 4.79 Å². The van der Waals surface area contributed by atoms with Gasteiger partial charge in [0.15, 0.2) is 0 Å². The lowest BCUT2D eigenvalue weighted by molar-refractivity contribution is 0.0203. The zero-order valence-electron chi connectivity index (χ0n) is 15.2. The second-order valence-corrected chi connectivity index (χ2v) is 8.49. The van der Waals surface area contributed by atoms with Gasteiger partial charge in [-0.1, -0.05) is 15.9 Å². The zero-order valence-corrected chi connectivity index (χ0v) is 16.8. The van der Waals surface area contributed by atoms with Crippen LogP contribution in [0.2, 0.25) is 0 Å². The van der Waals surface area contributed by atoms with Crippen molar-refractivity contribution in [1.29, 1.82) is 0 Å². The Bertz CT molecular complexity index is 793. The largest absolute Gasteiger partial charge is 0.444 e. The molecule has 1 aliphatic heterocycles. The summed E-state index contributed by atoms with van der Waals surface area (Å²) in [6.45, 7) is 9.05. The van der Waals surface area contributed by atoms with Gasteiger partial charge in [0.05, 0.1) is 5.52 Å². The lowest BCUT2D eigenvalue weighted by atomic mass is 9.96. The van der Waals surface area contributed by atoms with Gasteiger partial charge in [-0.15, -0.1) is 0 Å². The lowest BCUT2D eigenvalue weighted by Crippen LogP contribution is -2.41. The van der Waals surface area contributed by atoms with Gasteiger partial charge in [-0.2, -0.15) is 0 Å². The van der Waals surface area contributed by atoms with Crippen molar-refractivity contribution in [2.75, 3.05) is 13.1 Å². The molecule has 25 heavy (non-hydrogen) atoms. The molecule has 0 spiro atoms. The minimum absolute atomic E-state index is 0.231. The van der Waals surface area contributed by atoms with Crippen molar-refractivity contribution in [2.45, 2.75) is 52.1 Å². The highest BCUT2D eigenvalue weighted by Crippen LogP contribution is 2.29. The van der Waals surface area contributed by atoms with Gasteiger partial charge >= 0.3 is 6.09 Å². The number of ether oxygens (including phenoxy) is 1. The smallest absolute Gasteiger partial charge is 0.410 e. The molecule has 1 saturated heterocycles. The molecule has 1 fully saturated rings. The van der Waals surface area contributed by atoms with E-state index in [0.29, 0.717) is 13.1 Å². The summed E-state index contributed by atoms with van der Waals surface area (Å²) >= 11 is 3.51. The molecular weight excluding hydrogens is 382 g/mol. The third kappa shape index (κ3) is 4.29. The van der Waals surface area contributed by atoms with Crippen molar-refractivity contribution in [1.82, 2.24) is 14.9 Å². The number of hydrogen-bond acceptors (Lipinski definition) is 4. The van der Waals surface area contributed by atoms with Gasteiger partial charge in [0.2, 0.25) is 0 Å². The predicted octanol–water partition coefficient (Wildman–Crippen LogP) is 4.82. The van der Waals surface area contributed by atoms with E-state index in [1.807, 2.05) is 45.9 Å². The Hall–Kier alpha value is -1.69. The fraction of sp³-hybridized carbons (Fsp3) is 0.526. The van der Waals surface area contributed by atoms with Crippen LogP contribution in [0.3, 0.4) is 0 Å². The van der Waals surface area contributed by atoms with Crippen molar-refractivity contribution in [2.24, 2.45) is 0 Å². The molecule has 0 bridgehead atoms. The topological polar surface area (TPSA) is 55.3 Å². The first kappa shape index (κ1) is 18.1. The summed E-state index contributed by atoms with van der Waals surface area (Å²) in [5.74, 6) is 1.16. The Morgan fingerprint density at radius 2 is 1.92 bits per heavy atom. The number of likely N-dealkylation sites (tertiary alicyclic amines) is 1. The summed E-state index contributed by atoms with van der Waals surface area (Å²) < 4.78 is 6.48. The standard InChI is InChI=1S/C19H24BrN3O2/c1-12-15-6-5-14(20)11-16(15)22-17(21-12)13-7-9-23(10-8-13)18(24)25-19(2,3)4/h5-6,11,13H,7-10H2,1-4H3. The predicted molar refractivity (Wildman–Crippen MR) is 102 cm³/mol. The molecule has 0 radical (unpaired) electrons. The van der Waals surface area contributed by atoms with Crippen LogP contribution in [-0.4, -0.2) is 39.7 Å². The van der Waals surface area contributed by atoms with E-state index >= 15 is 0 Å². The number of nitrogens with zero attached hydrogens (tertiary/aromatic N) is 3. The van der Waals surface area contributed by atoms with Gasteiger partial charge in [-0.05, 0) is 58.7 Å². The minimum atomic E-state index is -0.458. The van der Waals surface area contributed by atoms with Crippen molar-refractivity contribution in [3.8, 4) is 0 Å². The first-order valence-corrected chi connectivity index (χ1v) is 9.44. The van der Waals surface area contributed by atoms with Crippen LogP contribution < -0.4 is 0 Å². The van der Waals surface area contributed by atoms with Crippen molar-refractivity contribution in [3.05, 3.63) is 34.2 Å². The molecule has 5 nitrogen and oxygen atoms in total. The van der Waals surface area contributed by atoms with Gasteiger partial charge in [0.1, 0.15) is 11.4 Å². The first-order chi connectivity index (χ1) is 11.7. The molecule has 2 heterocycles. The number of hydrogen-bond donors (Lipinski definition) is 0. The van der Waals surface area contributed by atoms with Crippen LogP contribution >= 0.6 is 15.9 Å². The maximum absolute atomic E-state index is 12.2. The summed E-state index contributed by atoms with van der Waals surface area (Å²) in [6.07, 6.45) is 1.49. The Kier molecular flexibility index (Phi) is 5.00. The summed E-state index contributed by atoms with van der Waals surface area (Å²) in [6, 6.07) is 6.09. The number of fused-ring (bicyclic) bond motifs is 1. The van der Waals surface area contributed by atoms with Crippen LogP contribution in [0, 0.1) is 6.92 Å². The van der Waals surface area contributed by atoms with E-state index in [-0.39, 0.29) is 12.0 Å². The van der Waals surface area contributed by atoms with E-state index in [1.165, 1.54) is 0 Å². The molecule has 0 atom stereocenters. The minimum Gasteiger partial charge on any atom is -0.444 e. The third-order valence-corrected chi connectivity index (χ3v) is 4.87. The number of aromatic nitrogens is 2. The number of carbonyl (C=O) groups is 1. The van der Waals surface area contributed by atoms with E-state index in [1.54, 1.807) is 4.90 Å². The molecule has 134 valence electrons. The van der Waals surface area contributed by atoms with Crippen LogP contribution in [-0.2, 0) is 4.74 Å². The monoisotopic (exact) mass is 405 g/mol. The quantitative estimate of drug-likeness (QED) is 0.682. The number of benzene rings is 1.